The number of carbonyl (C=O) groups is 1. The van der Waals surface area contributed by atoms with Crippen molar-refractivity contribution in [3.05, 3.63) is 52.3 Å². The number of morpholine rings is 1. The summed E-state index contributed by atoms with van der Waals surface area (Å²) in [5.41, 5.74) is 2.34. The topological polar surface area (TPSA) is 96.2 Å². The Kier molecular flexibility index (Phi) is 7.26. The minimum atomic E-state index is -0.858. The number of rotatable bonds is 8. The lowest BCUT2D eigenvalue weighted by Gasteiger charge is -2.29. The molecule has 1 aliphatic heterocycles. The molecular formula is C23H24BrN3O6. The van der Waals surface area contributed by atoms with Crippen LogP contribution < -0.4 is 14.4 Å². The van der Waals surface area contributed by atoms with Gasteiger partial charge in [-0.3, -0.25) is 4.79 Å². The molecule has 2 aromatic carbocycles. The molecule has 0 bridgehead atoms. The smallest absolute Gasteiger partial charge is 0.258 e. The maximum atomic E-state index is 13.1. The third-order valence-corrected chi connectivity index (χ3v) is 6.17. The monoisotopic (exact) mass is 517 g/mol. The van der Waals surface area contributed by atoms with Gasteiger partial charge < -0.3 is 28.4 Å². The second-order valence-corrected chi connectivity index (χ2v) is 8.08. The van der Waals surface area contributed by atoms with Gasteiger partial charge in [0.05, 0.1) is 27.4 Å². The normalized spacial score (nSPS) is 14.7. The molecule has 4 rings (SSSR count). The average molecular weight is 518 g/mol. The van der Waals surface area contributed by atoms with Crippen LogP contribution in [0.25, 0.3) is 11.5 Å². The zero-order valence-corrected chi connectivity index (χ0v) is 20.1. The summed E-state index contributed by atoms with van der Waals surface area (Å²) in [5.74, 6) is 0.758. The van der Waals surface area contributed by atoms with Gasteiger partial charge in [-0.25, -0.2) is 0 Å². The largest absolute Gasteiger partial charge is 0.495 e. The molecule has 0 saturated carbocycles. The summed E-state index contributed by atoms with van der Waals surface area (Å²) in [6, 6.07) is 11.1. The molecule has 9 nitrogen and oxygen atoms in total. The van der Waals surface area contributed by atoms with Crippen molar-refractivity contribution >= 4 is 27.4 Å². The molecule has 0 spiro atoms. The fourth-order valence-corrected chi connectivity index (χ4v) is 4.18. The van der Waals surface area contributed by atoms with Crippen molar-refractivity contribution in [3.63, 3.8) is 0 Å². The first-order valence-corrected chi connectivity index (χ1v) is 11.1. The van der Waals surface area contributed by atoms with E-state index in [0.717, 1.165) is 18.8 Å². The number of halogens is 1. The molecular weight excluding hydrogens is 494 g/mol. The highest BCUT2D eigenvalue weighted by molar-refractivity contribution is 9.10. The summed E-state index contributed by atoms with van der Waals surface area (Å²) >= 11 is 3.42. The van der Waals surface area contributed by atoms with Crippen LogP contribution in [0.1, 0.15) is 22.3 Å². The van der Waals surface area contributed by atoms with Gasteiger partial charge in [0.1, 0.15) is 22.1 Å². The zero-order valence-electron chi connectivity index (χ0n) is 18.5. The van der Waals surface area contributed by atoms with Crippen molar-refractivity contribution < 1.29 is 28.3 Å². The highest BCUT2D eigenvalue weighted by Gasteiger charge is 2.27. The number of Topliss-reactive ketones (excluding diaryl/α,β-unsaturated/α-hetero) is 1. The zero-order chi connectivity index (χ0) is 23.4. The number of nitrogens with zero attached hydrogens (tertiary/aromatic N) is 3. The lowest BCUT2D eigenvalue weighted by atomic mass is 10.0. The number of hydrogen-bond donors (Lipinski definition) is 0. The van der Waals surface area contributed by atoms with Gasteiger partial charge in [-0.2, -0.15) is 4.98 Å². The first kappa shape index (κ1) is 23.2. The number of aromatic nitrogens is 2. The molecule has 174 valence electrons. The van der Waals surface area contributed by atoms with E-state index in [9.17, 15) is 4.79 Å². The van der Waals surface area contributed by atoms with Gasteiger partial charge >= 0.3 is 0 Å². The predicted octanol–water partition coefficient (Wildman–Crippen LogP) is 3.92. The minimum absolute atomic E-state index is 0.0741. The molecule has 0 N–H and O–H groups in total. The van der Waals surface area contributed by atoms with Gasteiger partial charge in [0.2, 0.25) is 11.6 Å². The Balaban J connectivity index is 1.55. The fourth-order valence-electron chi connectivity index (χ4n) is 3.63. The Morgan fingerprint density at radius 1 is 1.06 bits per heavy atom. The maximum absolute atomic E-state index is 13.1. The number of benzene rings is 2. The van der Waals surface area contributed by atoms with E-state index in [4.69, 9.17) is 23.5 Å². The van der Waals surface area contributed by atoms with Gasteiger partial charge in [0, 0.05) is 31.5 Å². The lowest BCUT2D eigenvalue weighted by Crippen LogP contribution is -2.36. The van der Waals surface area contributed by atoms with E-state index in [2.05, 4.69) is 31.0 Å². The van der Waals surface area contributed by atoms with E-state index in [1.54, 1.807) is 26.4 Å². The summed E-state index contributed by atoms with van der Waals surface area (Å²) in [6.45, 7) is 3.08. The van der Waals surface area contributed by atoms with Crippen LogP contribution in [0.5, 0.6) is 11.5 Å². The van der Waals surface area contributed by atoms with E-state index < -0.39 is 11.9 Å². The summed E-state index contributed by atoms with van der Waals surface area (Å²) in [7, 11) is 4.56. The number of carbonyl (C=O) groups excluding carboxylic acids is 1. The number of anilines is 1. The van der Waals surface area contributed by atoms with Crippen LogP contribution >= 0.6 is 15.9 Å². The molecule has 2 heterocycles. The van der Waals surface area contributed by atoms with Crippen LogP contribution in [0, 0.1) is 0 Å². The molecule has 3 aromatic rings. The van der Waals surface area contributed by atoms with E-state index in [-0.39, 0.29) is 11.7 Å². The summed E-state index contributed by atoms with van der Waals surface area (Å²) in [4.78, 5) is 19.6. The molecule has 0 aliphatic carbocycles. The molecule has 0 radical (unpaired) electrons. The highest BCUT2D eigenvalue weighted by atomic mass is 79.9. The standard InChI is InChI=1S/C23H24BrN3O6/c1-29-17-12-15(13-18(30-2)19(17)24)23-25-22(26-33-23)20(28)21(31-3)14-4-6-16(7-5-14)27-8-10-32-11-9-27/h4-7,12-13,21H,8-11H2,1-3H3. The van der Waals surface area contributed by atoms with Crippen molar-refractivity contribution in [3.8, 4) is 23.0 Å². The van der Waals surface area contributed by atoms with E-state index in [1.807, 2.05) is 24.3 Å². The second kappa shape index (κ2) is 10.3. The van der Waals surface area contributed by atoms with Crippen LogP contribution in [0.3, 0.4) is 0 Å². The molecule has 0 amide bonds. The van der Waals surface area contributed by atoms with Crippen molar-refractivity contribution in [1.82, 2.24) is 10.1 Å². The second-order valence-electron chi connectivity index (χ2n) is 7.29. The van der Waals surface area contributed by atoms with Gasteiger partial charge in [0.25, 0.3) is 5.89 Å². The average Bonchev–Trinajstić information content (AvgIpc) is 3.36. The minimum Gasteiger partial charge on any atom is -0.495 e. The highest BCUT2D eigenvalue weighted by Crippen LogP contribution is 2.38. The SMILES string of the molecule is COc1cc(-c2nc(C(=O)C(OC)c3ccc(N4CCOCC4)cc3)no2)cc(OC)c1Br. The van der Waals surface area contributed by atoms with Crippen molar-refractivity contribution in [1.29, 1.82) is 0 Å². The summed E-state index contributed by atoms with van der Waals surface area (Å²) < 4.78 is 27.6. The first-order chi connectivity index (χ1) is 16.0. The number of ether oxygens (including phenoxy) is 4. The van der Waals surface area contributed by atoms with Gasteiger partial charge in [-0.15, -0.1) is 0 Å². The quantitative estimate of drug-likeness (QED) is 0.411. The van der Waals surface area contributed by atoms with E-state index in [1.165, 1.54) is 7.11 Å². The molecule has 1 saturated heterocycles. The van der Waals surface area contributed by atoms with Crippen molar-refractivity contribution in [2.75, 3.05) is 52.5 Å². The number of ketones is 1. The molecule has 1 fully saturated rings. The van der Waals surface area contributed by atoms with Crippen molar-refractivity contribution in [2.45, 2.75) is 6.10 Å². The van der Waals surface area contributed by atoms with E-state index in [0.29, 0.717) is 40.3 Å². The molecule has 1 aliphatic rings. The molecule has 1 aromatic heterocycles. The van der Waals surface area contributed by atoms with Crippen LogP contribution in [-0.4, -0.2) is 63.6 Å². The van der Waals surface area contributed by atoms with Crippen LogP contribution in [0.4, 0.5) is 5.69 Å². The predicted molar refractivity (Wildman–Crippen MR) is 124 cm³/mol. The third-order valence-electron chi connectivity index (χ3n) is 5.38. The summed E-state index contributed by atoms with van der Waals surface area (Å²) in [5, 5.41) is 3.88. The van der Waals surface area contributed by atoms with E-state index >= 15 is 0 Å². The van der Waals surface area contributed by atoms with Gasteiger partial charge in [-0.1, -0.05) is 17.3 Å². The third kappa shape index (κ3) is 4.87. The van der Waals surface area contributed by atoms with Gasteiger partial charge in [-0.05, 0) is 45.8 Å². The maximum Gasteiger partial charge on any atom is 0.258 e. The number of hydrogen-bond acceptors (Lipinski definition) is 9. The molecule has 10 heteroatoms. The Bertz CT molecular complexity index is 1090. The van der Waals surface area contributed by atoms with Gasteiger partial charge in [0.15, 0.2) is 0 Å². The van der Waals surface area contributed by atoms with Crippen LogP contribution in [0.15, 0.2) is 45.4 Å². The van der Waals surface area contributed by atoms with Crippen molar-refractivity contribution in [2.24, 2.45) is 0 Å². The molecule has 33 heavy (non-hydrogen) atoms. The van der Waals surface area contributed by atoms with Crippen LogP contribution in [-0.2, 0) is 9.47 Å². The Morgan fingerprint density at radius 3 is 2.27 bits per heavy atom. The number of methoxy groups -OCH3 is 3. The summed E-state index contributed by atoms with van der Waals surface area (Å²) in [6.07, 6.45) is -0.858. The molecule has 1 unspecified atom stereocenters. The Hall–Kier alpha value is -2.95. The fraction of sp³-hybridized carbons (Fsp3) is 0.348. The van der Waals surface area contributed by atoms with Crippen LogP contribution in [0.2, 0.25) is 0 Å². The molecule has 1 atom stereocenters. The Morgan fingerprint density at radius 2 is 1.70 bits per heavy atom. The first-order valence-electron chi connectivity index (χ1n) is 10.3. The Labute approximate surface area is 199 Å². The lowest BCUT2D eigenvalue weighted by molar-refractivity contribution is 0.0590.